The number of para-hydroxylation sites is 1. The zero-order valence-corrected chi connectivity index (χ0v) is 23.6. The lowest BCUT2D eigenvalue weighted by Gasteiger charge is -2.41. The minimum Gasteiger partial charge on any atom is -0.486 e. The number of fused-ring (bicyclic) bond motifs is 3. The van der Waals surface area contributed by atoms with Gasteiger partial charge in [-0.15, -0.1) is 0 Å². The largest absolute Gasteiger partial charge is 0.486 e. The van der Waals surface area contributed by atoms with Crippen LogP contribution in [0.1, 0.15) is 60.3 Å². The third kappa shape index (κ3) is 5.41. The maximum atomic E-state index is 16.5. The SMILES string of the molecule is Cc1c(F)c2c(c(OCc3ccccc3)c1C(=O)Oc1ccccc1)N(C(=O)OC(C)(C)C)CC1CCN(C)C21. The molecule has 0 radical (unpaired) electrons. The summed E-state index contributed by atoms with van der Waals surface area (Å²) in [5.41, 5.74) is 0.721. The Morgan fingerprint density at radius 3 is 2.33 bits per heavy atom. The molecule has 2 atom stereocenters. The van der Waals surface area contributed by atoms with Gasteiger partial charge in [-0.3, -0.25) is 9.80 Å². The van der Waals surface area contributed by atoms with Gasteiger partial charge in [-0.1, -0.05) is 48.5 Å². The van der Waals surface area contributed by atoms with Crippen molar-refractivity contribution in [2.24, 2.45) is 5.92 Å². The number of halogens is 1. The van der Waals surface area contributed by atoms with Crippen LogP contribution in [0.25, 0.3) is 0 Å². The van der Waals surface area contributed by atoms with Gasteiger partial charge in [0.05, 0.1) is 5.69 Å². The molecule has 1 amide bonds. The molecule has 0 saturated carbocycles. The van der Waals surface area contributed by atoms with Crippen LogP contribution in [0.3, 0.4) is 0 Å². The van der Waals surface area contributed by atoms with E-state index >= 15 is 4.39 Å². The molecule has 0 spiro atoms. The monoisotopic (exact) mass is 546 g/mol. The third-order valence-corrected chi connectivity index (χ3v) is 7.39. The lowest BCUT2D eigenvalue weighted by atomic mass is 9.84. The summed E-state index contributed by atoms with van der Waals surface area (Å²) >= 11 is 0. The van der Waals surface area contributed by atoms with Crippen molar-refractivity contribution >= 4 is 17.7 Å². The highest BCUT2D eigenvalue weighted by molar-refractivity contribution is 6.02. The third-order valence-electron chi connectivity index (χ3n) is 7.39. The van der Waals surface area contributed by atoms with Crippen LogP contribution in [0.2, 0.25) is 0 Å². The molecule has 0 N–H and O–H groups in total. The topological polar surface area (TPSA) is 68.3 Å². The van der Waals surface area contributed by atoms with E-state index < -0.39 is 23.5 Å². The Morgan fingerprint density at radius 1 is 1.02 bits per heavy atom. The van der Waals surface area contributed by atoms with Crippen molar-refractivity contribution < 1.29 is 28.2 Å². The number of rotatable bonds is 5. The van der Waals surface area contributed by atoms with Crippen LogP contribution in [0, 0.1) is 18.7 Å². The number of carbonyl (C=O) groups excluding carboxylic acids is 2. The fourth-order valence-electron chi connectivity index (χ4n) is 5.61. The van der Waals surface area contributed by atoms with Gasteiger partial charge in [0.2, 0.25) is 0 Å². The molecule has 0 aliphatic carbocycles. The van der Waals surface area contributed by atoms with E-state index in [0.29, 0.717) is 17.9 Å². The van der Waals surface area contributed by atoms with E-state index in [4.69, 9.17) is 14.2 Å². The normalized spacial score (nSPS) is 18.6. The van der Waals surface area contributed by atoms with Crippen molar-refractivity contribution in [3.63, 3.8) is 0 Å². The fraction of sp³-hybridized carbons (Fsp3) is 0.375. The number of anilines is 1. The smallest absolute Gasteiger partial charge is 0.414 e. The highest BCUT2D eigenvalue weighted by atomic mass is 19.1. The predicted molar refractivity (Wildman–Crippen MR) is 150 cm³/mol. The van der Waals surface area contributed by atoms with Crippen molar-refractivity contribution in [3.05, 3.63) is 88.7 Å². The zero-order valence-electron chi connectivity index (χ0n) is 23.6. The summed E-state index contributed by atoms with van der Waals surface area (Å²) in [4.78, 5) is 30.9. The number of ether oxygens (including phenoxy) is 3. The van der Waals surface area contributed by atoms with E-state index in [1.54, 1.807) is 52.0 Å². The quantitative estimate of drug-likeness (QED) is 0.263. The highest BCUT2D eigenvalue weighted by Gasteiger charge is 2.47. The molecule has 40 heavy (non-hydrogen) atoms. The number of hydrogen-bond acceptors (Lipinski definition) is 6. The van der Waals surface area contributed by atoms with Crippen molar-refractivity contribution in [1.29, 1.82) is 0 Å². The second-order valence-electron chi connectivity index (χ2n) is 11.4. The molecule has 5 rings (SSSR count). The summed E-state index contributed by atoms with van der Waals surface area (Å²) in [7, 11) is 1.95. The van der Waals surface area contributed by atoms with Gasteiger partial charge < -0.3 is 14.2 Å². The average molecular weight is 547 g/mol. The first-order valence-corrected chi connectivity index (χ1v) is 13.6. The van der Waals surface area contributed by atoms with Crippen LogP contribution in [0.5, 0.6) is 11.5 Å². The second kappa shape index (κ2) is 10.9. The van der Waals surface area contributed by atoms with E-state index in [-0.39, 0.29) is 41.1 Å². The Hall–Kier alpha value is -3.91. The van der Waals surface area contributed by atoms with Crippen LogP contribution in [0.4, 0.5) is 14.9 Å². The summed E-state index contributed by atoms with van der Waals surface area (Å²) in [6, 6.07) is 17.8. The van der Waals surface area contributed by atoms with Gasteiger partial charge in [-0.05, 0) is 71.3 Å². The van der Waals surface area contributed by atoms with Crippen LogP contribution in [-0.4, -0.2) is 42.7 Å². The predicted octanol–water partition coefficient (Wildman–Crippen LogP) is 6.68. The Labute approximate surface area is 234 Å². The van der Waals surface area contributed by atoms with Crippen LogP contribution < -0.4 is 14.4 Å². The van der Waals surface area contributed by atoms with Gasteiger partial charge in [0.25, 0.3) is 0 Å². The van der Waals surface area contributed by atoms with E-state index in [9.17, 15) is 9.59 Å². The molecule has 1 saturated heterocycles. The van der Waals surface area contributed by atoms with Crippen molar-refractivity contribution in [2.45, 2.75) is 52.4 Å². The van der Waals surface area contributed by atoms with E-state index in [2.05, 4.69) is 4.90 Å². The van der Waals surface area contributed by atoms with Crippen molar-refractivity contribution in [3.8, 4) is 11.5 Å². The summed E-state index contributed by atoms with van der Waals surface area (Å²) < 4.78 is 34.3. The Bertz CT molecular complexity index is 1400. The molecule has 8 heteroatoms. The molecule has 3 aromatic carbocycles. The summed E-state index contributed by atoms with van der Waals surface area (Å²) in [6.07, 6.45) is 0.188. The maximum absolute atomic E-state index is 16.5. The van der Waals surface area contributed by atoms with E-state index in [0.717, 1.165) is 18.5 Å². The number of carbonyl (C=O) groups is 2. The van der Waals surface area contributed by atoms with Crippen molar-refractivity contribution in [1.82, 2.24) is 4.90 Å². The first kappa shape index (κ1) is 27.6. The van der Waals surface area contributed by atoms with Gasteiger partial charge >= 0.3 is 12.1 Å². The first-order valence-electron chi connectivity index (χ1n) is 13.6. The molecule has 3 aromatic rings. The number of esters is 1. The molecule has 2 unspecified atom stereocenters. The Morgan fingerprint density at radius 2 is 1.68 bits per heavy atom. The molecular weight excluding hydrogens is 511 g/mol. The molecular formula is C32H35FN2O5. The first-order chi connectivity index (χ1) is 19.0. The molecule has 1 fully saturated rings. The number of benzene rings is 3. The van der Waals surface area contributed by atoms with E-state index in [1.807, 2.05) is 43.4 Å². The van der Waals surface area contributed by atoms with Gasteiger partial charge in [0.1, 0.15) is 29.3 Å². The maximum Gasteiger partial charge on any atom is 0.414 e. The minimum absolute atomic E-state index is 0.00279. The molecule has 7 nitrogen and oxygen atoms in total. The Balaban J connectivity index is 1.71. The standard InChI is InChI=1S/C32H35FN2O5/c1-20-24(30(36)39-23-14-10-7-11-15-23)29(38-19-21-12-8-6-9-13-21)28-25(26(20)33)27-22(16-17-34(27)5)18-35(28)31(37)40-32(2,3)4/h6-15,22,27H,16-19H2,1-5H3. The number of amides is 1. The van der Waals surface area contributed by atoms with Gasteiger partial charge in [0, 0.05) is 23.7 Å². The minimum atomic E-state index is -0.774. The Kier molecular flexibility index (Phi) is 7.55. The second-order valence-corrected chi connectivity index (χ2v) is 11.4. The summed E-state index contributed by atoms with van der Waals surface area (Å²) in [5, 5.41) is 0. The highest BCUT2D eigenvalue weighted by Crippen LogP contribution is 2.52. The average Bonchev–Trinajstić information content (AvgIpc) is 3.29. The molecule has 2 heterocycles. The van der Waals surface area contributed by atoms with Crippen molar-refractivity contribution in [2.75, 3.05) is 25.0 Å². The van der Waals surface area contributed by atoms with E-state index in [1.165, 1.54) is 4.90 Å². The lowest BCUT2D eigenvalue weighted by molar-refractivity contribution is 0.0562. The fourth-order valence-corrected chi connectivity index (χ4v) is 5.61. The van der Waals surface area contributed by atoms with Gasteiger partial charge in [-0.25, -0.2) is 14.0 Å². The zero-order chi connectivity index (χ0) is 28.6. The van der Waals surface area contributed by atoms with Crippen LogP contribution >= 0.6 is 0 Å². The number of hydrogen-bond donors (Lipinski definition) is 0. The van der Waals surface area contributed by atoms with Gasteiger partial charge in [-0.2, -0.15) is 0 Å². The number of likely N-dealkylation sites (tertiary alicyclic amines) is 1. The summed E-state index contributed by atoms with van der Waals surface area (Å²) in [5.74, 6) is -0.872. The molecule has 0 aromatic heterocycles. The van der Waals surface area contributed by atoms with Gasteiger partial charge in [0.15, 0.2) is 5.75 Å². The molecule has 210 valence electrons. The van der Waals surface area contributed by atoms with Crippen LogP contribution in [0.15, 0.2) is 60.7 Å². The molecule has 0 bridgehead atoms. The molecule has 2 aliphatic rings. The lowest BCUT2D eigenvalue weighted by Crippen LogP contribution is -2.45. The van der Waals surface area contributed by atoms with Crippen LogP contribution in [-0.2, 0) is 11.3 Å². The molecule has 2 aliphatic heterocycles. The summed E-state index contributed by atoms with van der Waals surface area (Å²) in [6.45, 7) is 8.09. The number of nitrogens with zero attached hydrogens (tertiary/aromatic N) is 2.